The summed E-state index contributed by atoms with van der Waals surface area (Å²) >= 11 is 0. The molecule has 4 rings (SSSR count). The van der Waals surface area contributed by atoms with Crippen molar-refractivity contribution in [3.05, 3.63) is 0 Å². The van der Waals surface area contributed by atoms with Crippen molar-refractivity contribution in [2.24, 2.45) is 22.7 Å². The van der Waals surface area contributed by atoms with Crippen LogP contribution in [0.25, 0.3) is 0 Å². The number of carbonyl (C=O) groups is 1. The Bertz CT molecular complexity index is 510. The van der Waals surface area contributed by atoms with Crippen LogP contribution in [0, 0.1) is 22.7 Å². The summed E-state index contributed by atoms with van der Waals surface area (Å²) in [4.78, 5) is 12.2. The van der Waals surface area contributed by atoms with Gasteiger partial charge in [0.25, 0.3) is 10.1 Å². The summed E-state index contributed by atoms with van der Waals surface area (Å²) in [7, 11) is -1.98. The lowest BCUT2D eigenvalue weighted by Gasteiger charge is -2.60. The average Bonchev–Trinajstić information content (AvgIpc) is 2.33. The Morgan fingerprint density at radius 1 is 1.20 bits per heavy atom. The lowest BCUT2D eigenvalue weighted by molar-refractivity contribution is -0.180. The van der Waals surface area contributed by atoms with Crippen LogP contribution in [0.1, 0.15) is 38.5 Å². The molecular weight excluding hydrogens is 280 g/mol. The summed E-state index contributed by atoms with van der Waals surface area (Å²) in [6.45, 7) is 0.220. The Hall–Kier alpha value is -0.620. The SMILES string of the molecule is COC(=O)C12CC3CC(CC(COS(C)(=O)=O)(C3)C1)C2. The van der Waals surface area contributed by atoms with Crippen molar-refractivity contribution in [2.75, 3.05) is 20.0 Å². The zero-order valence-electron chi connectivity index (χ0n) is 12.1. The van der Waals surface area contributed by atoms with Gasteiger partial charge in [-0.25, -0.2) is 0 Å². The molecule has 5 nitrogen and oxygen atoms in total. The fourth-order valence-corrected chi connectivity index (χ4v) is 5.77. The van der Waals surface area contributed by atoms with E-state index in [9.17, 15) is 13.2 Å². The Labute approximate surface area is 120 Å². The number of esters is 1. The van der Waals surface area contributed by atoms with Gasteiger partial charge in [0.1, 0.15) is 0 Å². The molecule has 2 unspecified atom stereocenters. The fraction of sp³-hybridized carbons (Fsp3) is 0.929. The first-order chi connectivity index (χ1) is 9.26. The molecule has 0 spiro atoms. The van der Waals surface area contributed by atoms with E-state index < -0.39 is 10.1 Å². The number of hydrogen-bond donors (Lipinski definition) is 0. The van der Waals surface area contributed by atoms with E-state index in [-0.39, 0.29) is 23.4 Å². The second kappa shape index (κ2) is 4.44. The largest absolute Gasteiger partial charge is 0.469 e. The zero-order valence-corrected chi connectivity index (χ0v) is 12.9. The molecule has 4 aliphatic carbocycles. The second-order valence-corrected chi connectivity index (χ2v) is 8.84. The summed E-state index contributed by atoms with van der Waals surface area (Å²) in [6.07, 6.45) is 6.74. The van der Waals surface area contributed by atoms with Crippen molar-refractivity contribution in [1.29, 1.82) is 0 Å². The Morgan fingerprint density at radius 3 is 2.30 bits per heavy atom. The van der Waals surface area contributed by atoms with Crippen LogP contribution in [0.4, 0.5) is 0 Å². The Balaban J connectivity index is 1.85. The molecule has 0 aromatic carbocycles. The minimum Gasteiger partial charge on any atom is -0.469 e. The van der Waals surface area contributed by atoms with E-state index in [1.54, 1.807) is 0 Å². The van der Waals surface area contributed by atoms with Gasteiger partial charge >= 0.3 is 5.97 Å². The Morgan fingerprint density at radius 2 is 1.80 bits per heavy atom. The number of hydrogen-bond acceptors (Lipinski definition) is 5. The highest BCUT2D eigenvalue weighted by atomic mass is 32.2. The molecule has 4 bridgehead atoms. The van der Waals surface area contributed by atoms with E-state index in [2.05, 4.69) is 0 Å². The summed E-state index contributed by atoms with van der Waals surface area (Å²) in [5, 5.41) is 0. The van der Waals surface area contributed by atoms with E-state index in [0.717, 1.165) is 38.4 Å². The minimum absolute atomic E-state index is 0.115. The lowest BCUT2D eigenvalue weighted by atomic mass is 9.44. The molecule has 0 aromatic heterocycles. The van der Waals surface area contributed by atoms with Crippen molar-refractivity contribution in [1.82, 2.24) is 0 Å². The molecule has 2 atom stereocenters. The Kier molecular flexibility index (Phi) is 3.18. The third-order valence-corrected chi connectivity index (χ3v) is 5.93. The first kappa shape index (κ1) is 14.3. The molecule has 0 heterocycles. The van der Waals surface area contributed by atoms with Crippen molar-refractivity contribution in [3.8, 4) is 0 Å². The summed E-state index contributed by atoms with van der Waals surface area (Å²) in [6, 6.07) is 0. The van der Waals surface area contributed by atoms with Gasteiger partial charge in [-0.15, -0.1) is 0 Å². The highest BCUT2D eigenvalue weighted by Crippen LogP contribution is 2.65. The third-order valence-electron chi connectivity index (χ3n) is 5.38. The van der Waals surface area contributed by atoms with Crippen LogP contribution in [-0.2, 0) is 23.8 Å². The van der Waals surface area contributed by atoms with Crippen LogP contribution >= 0.6 is 0 Å². The highest BCUT2D eigenvalue weighted by Gasteiger charge is 2.61. The monoisotopic (exact) mass is 302 g/mol. The molecule has 114 valence electrons. The predicted octanol–water partition coefficient (Wildman–Crippen LogP) is 1.72. The van der Waals surface area contributed by atoms with Gasteiger partial charge in [-0.3, -0.25) is 8.98 Å². The van der Waals surface area contributed by atoms with Crippen LogP contribution < -0.4 is 0 Å². The number of carbonyl (C=O) groups excluding carboxylic acids is 1. The van der Waals surface area contributed by atoms with Crippen LogP contribution in [0.2, 0.25) is 0 Å². The normalized spacial score (nSPS) is 42.7. The number of ether oxygens (including phenoxy) is 1. The third kappa shape index (κ3) is 2.37. The van der Waals surface area contributed by atoms with Crippen LogP contribution in [-0.4, -0.2) is 34.4 Å². The standard InChI is InChI=1S/C14H22O5S/c1-18-12(15)14-6-10-3-11(7-14)5-13(4-10,8-14)9-19-20(2,16)17/h10-11H,3-9H2,1-2H3. The van der Waals surface area contributed by atoms with Crippen molar-refractivity contribution >= 4 is 16.1 Å². The van der Waals surface area contributed by atoms with Gasteiger partial charge in [0, 0.05) is 0 Å². The smallest absolute Gasteiger partial charge is 0.311 e. The van der Waals surface area contributed by atoms with Crippen molar-refractivity contribution in [3.63, 3.8) is 0 Å². The maximum absolute atomic E-state index is 12.2. The van der Waals surface area contributed by atoms with Crippen molar-refractivity contribution in [2.45, 2.75) is 38.5 Å². The van der Waals surface area contributed by atoms with E-state index in [4.69, 9.17) is 8.92 Å². The van der Waals surface area contributed by atoms with Gasteiger partial charge in [0.2, 0.25) is 0 Å². The second-order valence-electron chi connectivity index (χ2n) is 7.20. The topological polar surface area (TPSA) is 69.7 Å². The number of rotatable bonds is 4. The minimum atomic E-state index is -3.43. The molecule has 4 saturated carbocycles. The zero-order chi connectivity index (χ0) is 14.6. The molecule has 0 aliphatic heterocycles. The molecule has 4 fully saturated rings. The van der Waals surface area contributed by atoms with Gasteiger partial charge in [-0.05, 0) is 55.8 Å². The van der Waals surface area contributed by atoms with Gasteiger partial charge < -0.3 is 4.74 Å². The average molecular weight is 302 g/mol. The van der Waals surface area contributed by atoms with Gasteiger partial charge in [-0.2, -0.15) is 8.42 Å². The van der Waals surface area contributed by atoms with E-state index >= 15 is 0 Å². The van der Waals surface area contributed by atoms with Gasteiger partial charge in [-0.1, -0.05) is 0 Å². The summed E-state index contributed by atoms with van der Waals surface area (Å²) in [5.41, 5.74) is -0.541. The molecular formula is C14H22O5S. The maximum Gasteiger partial charge on any atom is 0.311 e. The molecule has 0 aromatic rings. The molecule has 0 amide bonds. The maximum atomic E-state index is 12.2. The number of methoxy groups -OCH3 is 1. The molecule has 20 heavy (non-hydrogen) atoms. The van der Waals surface area contributed by atoms with Crippen molar-refractivity contribution < 1.29 is 22.1 Å². The lowest BCUT2D eigenvalue weighted by Crippen LogP contribution is -2.56. The molecule has 6 heteroatoms. The first-order valence-electron chi connectivity index (χ1n) is 7.19. The van der Waals surface area contributed by atoms with E-state index in [1.807, 2.05) is 0 Å². The van der Waals surface area contributed by atoms with Crippen LogP contribution in [0.3, 0.4) is 0 Å². The van der Waals surface area contributed by atoms with Gasteiger partial charge in [0.15, 0.2) is 0 Å². The molecule has 0 N–H and O–H groups in total. The fourth-order valence-electron chi connectivity index (χ4n) is 5.31. The van der Waals surface area contributed by atoms with E-state index in [0.29, 0.717) is 11.8 Å². The highest BCUT2D eigenvalue weighted by molar-refractivity contribution is 7.85. The predicted molar refractivity (Wildman–Crippen MR) is 72.4 cm³/mol. The van der Waals surface area contributed by atoms with E-state index in [1.165, 1.54) is 13.5 Å². The summed E-state index contributed by atoms with van der Waals surface area (Å²) < 4.78 is 32.7. The molecule has 0 saturated heterocycles. The first-order valence-corrected chi connectivity index (χ1v) is 9.00. The summed E-state index contributed by atoms with van der Waals surface area (Å²) in [5.74, 6) is 0.910. The van der Waals surface area contributed by atoms with Crippen LogP contribution in [0.15, 0.2) is 0 Å². The molecule has 4 aliphatic rings. The van der Waals surface area contributed by atoms with Gasteiger partial charge in [0.05, 0.1) is 25.4 Å². The van der Waals surface area contributed by atoms with Crippen LogP contribution in [0.5, 0.6) is 0 Å². The quantitative estimate of drug-likeness (QED) is 0.584. The molecule has 0 radical (unpaired) electrons.